The first-order valence-corrected chi connectivity index (χ1v) is 8.92. The van der Waals surface area contributed by atoms with E-state index in [0.717, 1.165) is 37.3 Å². The molecule has 0 aliphatic heterocycles. The Morgan fingerprint density at radius 2 is 2.08 bits per heavy atom. The van der Waals surface area contributed by atoms with E-state index in [2.05, 4.69) is 29.5 Å². The predicted molar refractivity (Wildman–Crippen MR) is 98.7 cm³/mol. The molecule has 24 heavy (non-hydrogen) atoms. The molecular formula is C19H32FN3O. The molecule has 0 radical (unpaired) electrons. The Labute approximate surface area is 145 Å². The smallest absolute Gasteiger partial charge is 0.191 e. The topological polar surface area (TPSA) is 56.7 Å². The summed E-state index contributed by atoms with van der Waals surface area (Å²) in [5.74, 6) is 1.57. The molecule has 1 aromatic rings. The zero-order valence-electron chi connectivity index (χ0n) is 15.2. The highest BCUT2D eigenvalue weighted by Crippen LogP contribution is 2.15. The van der Waals surface area contributed by atoms with Gasteiger partial charge < -0.3 is 15.7 Å². The van der Waals surface area contributed by atoms with Crippen LogP contribution in [-0.4, -0.2) is 37.3 Å². The van der Waals surface area contributed by atoms with Crippen LogP contribution in [0.25, 0.3) is 0 Å². The number of nitrogens with one attached hydrogen (secondary N) is 2. The first kappa shape index (κ1) is 20.4. The van der Waals surface area contributed by atoms with Crippen LogP contribution in [0.15, 0.2) is 29.3 Å². The van der Waals surface area contributed by atoms with E-state index in [4.69, 9.17) is 0 Å². The van der Waals surface area contributed by atoms with Crippen molar-refractivity contribution in [3.63, 3.8) is 0 Å². The summed E-state index contributed by atoms with van der Waals surface area (Å²) >= 11 is 0. The molecule has 4 nitrogen and oxygen atoms in total. The molecule has 3 N–H and O–H groups in total. The molecule has 0 aliphatic rings. The van der Waals surface area contributed by atoms with Gasteiger partial charge in [0.25, 0.3) is 0 Å². The minimum atomic E-state index is -0.200. The Morgan fingerprint density at radius 1 is 1.29 bits per heavy atom. The van der Waals surface area contributed by atoms with E-state index in [9.17, 15) is 9.50 Å². The van der Waals surface area contributed by atoms with E-state index in [-0.39, 0.29) is 12.4 Å². The second kappa shape index (κ2) is 11.8. The minimum Gasteiger partial charge on any atom is -0.396 e. The highest BCUT2D eigenvalue weighted by molar-refractivity contribution is 5.79. The standard InChI is InChI=1S/C19H32FN3O/c1-4-21-19(23-14-17(9-11-24)12-15(2)3)22-10-8-16-6-5-7-18(20)13-16/h5-7,13,15,17,24H,4,8-12,14H2,1-3H3,(H2,21,22,23). The van der Waals surface area contributed by atoms with Gasteiger partial charge in [-0.25, -0.2) is 4.39 Å². The Bertz CT molecular complexity index is 491. The normalized spacial score (nSPS) is 13.2. The van der Waals surface area contributed by atoms with Crippen molar-refractivity contribution >= 4 is 5.96 Å². The molecule has 0 saturated carbocycles. The Balaban J connectivity index is 2.51. The zero-order valence-corrected chi connectivity index (χ0v) is 15.2. The van der Waals surface area contributed by atoms with Crippen molar-refractivity contribution in [2.75, 3.05) is 26.2 Å². The second-order valence-electron chi connectivity index (χ2n) is 6.53. The number of aliphatic imine (C=N–C) groups is 1. The molecule has 0 saturated heterocycles. The molecule has 1 rings (SSSR count). The molecule has 0 amide bonds. The highest BCUT2D eigenvalue weighted by atomic mass is 19.1. The van der Waals surface area contributed by atoms with Crippen LogP contribution in [0.2, 0.25) is 0 Å². The summed E-state index contributed by atoms with van der Waals surface area (Å²) < 4.78 is 13.2. The third-order valence-electron chi connectivity index (χ3n) is 3.79. The number of nitrogens with zero attached hydrogens (tertiary/aromatic N) is 1. The Kier molecular flexibility index (Phi) is 10.1. The van der Waals surface area contributed by atoms with E-state index in [0.29, 0.717) is 24.9 Å². The summed E-state index contributed by atoms with van der Waals surface area (Å²) in [7, 11) is 0. The average molecular weight is 337 g/mol. The van der Waals surface area contributed by atoms with E-state index in [1.807, 2.05) is 13.0 Å². The van der Waals surface area contributed by atoms with Gasteiger partial charge in [0.05, 0.1) is 0 Å². The molecule has 136 valence electrons. The zero-order chi connectivity index (χ0) is 17.8. The third-order valence-corrected chi connectivity index (χ3v) is 3.79. The molecule has 1 atom stereocenters. The Morgan fingerprint density at radius 3 is 2.71 bits per heavy atom. The number of guanidine groups is 1. The molecule has 0 bridgehead atoms. The van der Waals surface area contributed by atoms with Crippen molar-refractivity contribution in [2.24, 2.45) is 16.8 Å². The number of hydrogen-bond donors (Lipinski definition) is 3. The molecular weight excluding hydrogens is 305 g/mol. The van der Waals surface area contributed by atoms with Gasteiger partial charge >= 0.3 is 0 Å². The maximum Gasteiger partial charge on any atom is 0.191 e. The van der Waals surface area contributed by atoms with Crippen LogP contribution in [0.5, 0.6) is 0 Å². The molecule has 0 heterocycles. The number of rotatable bonds is 10. The van der Waals surface area contributed by atoms with Crippen LogP contribution < -0.4 is 10.6 Å². The van der Waals surface area contributed by atoms with Crippen LogP contribution in [0.3, 0.4) is 0 Å². The number of hydrogen-bond acceptors (Lipinski definition) is 2. The van der Waals surface area contributed by atoms with Gasteiger partial charge in [-0.3, -0.25) is 4.99 Å². The van der Waals surface area contributed by atoms with Crippen LogP contribution in [0.1, 0.15) is 39.2 Å². The minimum absolute atomic E-state index is 0.200. The lowest BCUT2D eigenvalue weighted by Crippen LogP contribution is -2.38. The molecule has 5 heteroatoms. The molecule has 0 spiro atoms. The van der Waals surface area contributed by atoms with E-state index in [1.54, 1.807) is 12.1 Å². The fourth-order valence-electron chi connectivity index (χ4n) is 2.71. The fourth-order valence-corrected chi connectivity index (χ4v) is 2.71. The van der Waals surface area contributed by atoms with Crippen LogP contribution in [0, 0.1) is 17.7 Å². The predicted octanol–water partition coefficient (Wildman–Crippen LogP) is 2.97. The van der Waals surface area contributed by atoms with Gasteiger partial charge in [0.2, 0.25) is 0 Å². The molecule has 1 aromatic carbocycles. The van der Waals surface area contributed by atoms with Crippen LogP contribution >= 0.6 is 0 Å². The molecule has 0 aliphatic carbocycles. The number of aliphatic hydroxyl groups is 1. The molecule has 0 fully saturated rings. The number of benzene rings is 1. The lowest BCUT2D eigenvalue weighted by Gasteiger charge is -2.17. The van der Waals surface area contributed by atoms with Gasteiger partial charge in [0, 0.05) is 26.2 Å². The van der Waals surface area contributed by atoms with Gasteiger partial charge in [-0.2, -0.15) is 0 Å². The van der Waals surface area contributed by atoms with Crippen molar-refractivity contribution in [3.05, 3.63) is 35.6 Å². The first-order chi connectivity index (χ1) is 11.5. The van der Waals surface area contributed by atoms with Crippen molar-refractivity contribution in [2.45, 2.75) is 40.0 Å². The van der Waals surface area contributed by atoms with E-state index in [1.165, 1.54) is 6.07 Å². The van der Waals surface area contributed by atoms with Gasteiger partial charge in [-0.05, 0) is 55.7 Å². The Hall–Kier alpha value is -1.62. The monoisotopic (exact) mass is 337 g/mol. The van der Waals surface area contributed by atoms with Crippen molar-refractivity contribution in [1.82, 2.24) is 10.6 Å². The van der Waals surface area contributed by atoms with Crippen LogP contribution in [-0.2, 0) is 6.42 Å². The van der Waals surface area contributed by atoms with Crippen molar-refractivity contribution in [1.29, 1.82) is 0 Å². The van der Waals surface area contributed by atoms with Gasteiger partial charge in [0.1, 0.15) is 5.82 Å². The summed E-state index contributed by atoms with van der Waals surface area (Å²) in [5.41, 5.74) is 0.969. The summed E-state index contributed by atoms with van der Waals surface area (Å²) in [6.07, 6.45) is 2.59. The number of aliphatic hydroxyl groups excluding tert-OH is 1. The summed E-state index contributed by atoms with van der Waals surface area (Å²) in [6, 6.07) is 6.67. The average Bonchev–Trinajstić information content (AvgIpc) is 2.52. The van der Waals surface area contributed by atoms with E-state index < -0.39 is 0 Å². The summed E-state index contributed by atoms with van der Waals surface area (Å²) in [4.78, 5) is 4.64. The highest BCUT2D eigenvalue weighted by Gasteiger charge is 2.10. The summed E-state index contributed by atoms with van der Waals surface area (Å²) in [5, 5.41) is 15.7. The maximum absolute atomic E-state index is 13.2. The second-order valence-corrected chi connectivity index (χ2v) is 6.53. The van der Waals surface area contributed by atoms with Gasteiger partial charge in [0.15, 0.2) is 5.96 Å². The van der Waals surface area contributed by atoms with Crippen molar-refractivity contribution in [3.8, 4) is 0 Å². The quantitative estimate of drug-likeness (QED) is 0.454. The largest absolute Gasteiger partial charge is 0.396 e. The van der Waals surface area contributed by atoms with E-state index >= 15 is 0 Å². The lowest BCUT2D eigenvalue weighted by atomic mass is 9.94. The van der Waals surface area contributed by atoms with Gasteiger partial charge in [-0.15, -0.1) is 0 Å². The third kappa shape index (κ3) is 8.87. The number of halogens is 1. The molecule has 0 aromatic heterocycles. The van der Waals surface area contributed by atoms with Crippen molar-refractivity contribution < 1.29 is 9.50 Å². The summed E-state index contributed by atoms with van der Waals surface area (Å²) in [6.45, 7) is 8.81. The first-order valence-electron chi connectivity index (χ1n) is 8.92. The fraction of sp³-hybridized carbons (Fsp3) is 0.632. The maximum atomic E-state index is 13.2. The SMILES string of the molecule is CCNC(=NCC(CCO)CC(C)C)NCCc1cccc(F)c1. The lowest BCUT2D eigenvalue weighted by molar-refractivity contribution is 0.245. The molecule has 1 unspecified atom stereocenters. The van der Waals surface area contributed by atoms with Crippen LogP contribution in [0.4, 0.5) is 4.39 Å². The van der Waals surface area contributed by atoms with Gasteiger partial charge in [-0.1, -0.05) is 26.0 Å².